The molecule has 0 spiro atoms. The normalized spacial score (nSPS) is 9.06. The van der Waals surface area contributed by atoms with Crippen molar-refractivity contribution in [2.45, 2.75) is 26.7 Å². The molecule has 5 heteroatoms. The lowest BCUT2D eigenvalue weighted by molar-refractivity contribution is -0.143. The summed E-state index contributed by atoms with van der Waals surface area (Å²) in [5, 5.41) is 26.1. The first-order valence-electron chi connectivity index (χ1n) is 5.38. The lowest BCUT2D eigenvalue weighted by Crippen LogP contribution is -2.02. The first kappa shape index (κ1) is 15.1. The average Bonchev–Trinajstić information content (AvgIpc) is 2.33. The fourth-order valence-corrected chi connectivity index (χ4v) is 0.837. The molecular formula is C12H18O5. The number of carbonyl (C=O) groups excluding carboxylic acids is 1. The van der Waals surface area contributed by atoms with E-state index >= 15 is 0 Å². The molecule has 0 amide bonds. The van der Waals surface area contributed by atoms with Crippen molar-refractivity contribution in [2.75, 3.05) is 6.61 Å². The molecule has 5 nitrogen and oxygen atoms in total. The second kappa shape index (κ2) is 8.27. The first-order valence-corrected chi connectivity index (χ1v) is 5.38. The van der Waals surface area contributed by atoms with Crippen LogP contribution in [0.2, 0.25) is 0 Å². The number of esters is 1. The van der Waals surface area contributed by atoms with E-state index in [1.807, 2.05) is 6.92 Å². The summed E-state index contributed by atoms with van der Waals surface area (Å²) in [6, 6.07) is 4.01. The highest BCUT2D eigenvalue weighted by Crippen LogP contribution is 2.32. The summed E-state index contributed by atoms with van der Waals surface area (Å²) in [5.74, 6) is -1.20. The molecule has 0 aliphatic heterocycles. The number of benzene rings is 1. The van der Waals surface area contributed by atoms with E-state index in [0.717, 1.165) is 6.42 Å². The lowest BCUT2D eigenvalue weighted by Gasteiger charge is -1.97. The molecule has 1 aromatic carbocycles. The third kappa shape index (κ3) is 6.29. The molecule has 17 heavy (non-hydrogen) atoms. The van der Waals surface area contributed by atoms with Gasteiger partial charge in [0, 0.05) is 6.42 Å². The van der Waals surface area contributed by atoms with Crippen molar-refractivity contribution in [2.24, 2.45) is 0 Å². The number of carbonyl (C=O) groups is 1. The van der Waals surface area contributed by atoms with Gasteiger partial charge in [0.1, 0.15) is 0 Å². The van der Waals surface area contributed by atoms with Crippen LogP contribution in [0.5, 0.6) is 17.2 Å². The highest BCUT2D eigenvalue weighted by Gasteiger charge is 2.01. The summed E-state index contributed by atoms with van der Waals surface area (Å²) in [6.45, 7) is 4.33. The van der Waals surface area contributed by atoms with Gasteiger partial charge in [0.2, 0.25) is 0 Å². The van der Waals surface area contributed by atoms with Crippen LogP contribution in [0.25, 0.3) is 0 Å². The molecule has 3 N–H and O–H groups in total. The molecule has 1 rings (SSSR count). The van der Waals surface area contributed by atoms with Crippen molar-refractivity contribution in [1.29, 1.82) is 0 Å². The molecule has 0 saturated heterocycles. The molecule has 0 aliphatic carbocycles. The minimum absolute atomic E-state index is 0.105. The maximum absolute atomic E-state index is 10.3. The number of para-hydroxylation sites is 1. The Morgan fingerprint density at radius 2 is 1.71 bits per heavy atom. The van der Waals surface area contributed by atoms with Gasteiger partial charge in [0.25, 0.3) is 0 Å². The molecule has 0 atom stereocenters. The Morgan fingerprint density at radius 3 is 2.06 bits per heavy atom. The Kier molecular flexibility index (Phi) is 7.34. The lowest BCUT2D eigenvalue weighted by atomic mass is 10.3. The van der Waals surface area contributed by atoms with Gasteiger partial charge in [-0.15, -0.1) is 0 Å². The van der Waals surface area contributed by atoms with Gasteiger partial charge in [-0.1, -0.05) is 19.9 Å². The zero-order valence-corrected chi connectivity index (χ0v) is 10.0. The van der Waals surface area contributed by atoms with Crippen LogP contribution in [0, 0.1) is 0 Å². The summed E-state index contributed by atoms with van der Waals surface area (Å²) in [6.07, 6.45) is 1.39. The first-order chi connectivity index (χ1) is 8.02. The summed E-state index contributed by atoms with van der Waals surface area (Å²) < 4.78 is 4.70. The van der Waals surface area contributed by atoms with Crippen LogP contribution in [0.3, 0.4) is 0 Å². The van der Waals surface area contributed by atoms with E-state index in [1.165, 1.54) is 18.2 Å². The summed E-state index contributed by atoms with van der Waals surface area (Å²) in [5.41, 5.74) is 0. The van der Waals surface area contributed by atoms with Gasteiger partial charge in [-0.2, -0.15) is 0 Å². The monoisotopic (exact) mass is 242 g/mol. The Morgan fingerprint density at radius 1 is 1.18 bits per heavy atom. The molecule has 0 radical (unpaired) electrons. The smallest absolute Gasteiger partial charge is 0.305 e. The Bertz CT molecular complexity index is 328. The van der Waals surface area contributed by atoms with Gasteiger partial charge in [-0.05, 0) is 18.6 Å². The quantitative estimate of drug-likeness (QED) is 0.558. The van der Waals surface area contributed by atoms with Crippen LogP contribution in [-0.2, 0) is 9.53 Å². The highest BCUT2D eigenvalue weighted by molar-refractivity contribution is 5.68. The highest BCUT2D eigenvalue weighted by atomic mass is 16.5. The molecule has 96 valence electrons. The van der Waals surface area contributed by atoms with E-state index in [4.69, 9.17) is 20.1 Å². The molecule has 1 aromatic rings. The average molecular weight is 242 g/mol. The zero-order chi connectivity index (χ0) is 13.3. The molecule has 0 unspecified atom stereocenters. The minimum atomic E-state index is -0.475. The Hall–Kier alpha value is -1.91. The standard InChI is InChI=1S/C6H6O3.C6H12O2/c7-4-2-1-3-5(8)6(4)9;1-3-5-8-6(7)4-2/h1-3,7-9H;3-5H2,1-2H3. The van der Waals surface area contributed by atoms with Crippen molar-refractivity contribution in [1.82, 2.24) is 0 Å². The second-order valence-corrected chi connectivity index (χ2v) is 3.22. The topological polar surface area (TPSA) is 87.0 Å². The third-order valence-electron chi connectivity index (χ3n) is 1.75. The van der Waals surface area contributed by atoms with Crippen LogP contribution >= 0.6 is 0 Å². The van der Waals surface area contributed by atoms with Gasteiger partial charge in [-0.25, -0.2) is 0 Å². The molecular weight excluding hydrogens is 224 g/mol. The number of rotatable bonds is 3. The molecule has 0 bridgehead atoms. The van der Waals surface area contributed by atoms with E-state index in [0.29, 0.717) is 13.0 Å². The van der Waals surface area contributed by atoms with Crippen LogP contribution in [-0.4, -0.2) is 27.9 Å². The van der Waals surface area contributed by atoms with E-state index in [2.05, 4.69) is 0 Å². The number of hydrogen-bond acceptors (Lipinski definition) is 5. The van der Waals surface area contributed by atoms with Gasteiger partial charge in [0.15, 0.2) is 17.2 Å². The van der Waals surface area contributed by atoms with E-state index in [1.54, 1.807) is 6.92 Å². The number of hydrogen-bond donors (Lipinski definition) is 3. The van der Waals surface area contributed by atoms with Crippen molar-refractivity contribution < 1.29 is 24.9 Å². The third-order valence-corrected chi connectivity index (χ3v) is 1.75. The Labute approximate surface area is 100 Å². The molecule has 0 heterocycles. The van der Waals surface area contributed by atoms with Gasteiger partial charge in [0.05, 0.1) is 6.61 Å². The largest absolute Gasteiger partial charge is 0.504 e. The predicted molar refractivity (Wildman–Crippen MR) is 63.0 cm³/mol. The van der Waals surface area contributed by atoms with Crippen LogP contribution in [0.4, 0.5) is 0 Å². The Balaban J connectivity index is 0.000000304. The van der Waals surface area contributed by atoms with Crippen molar-refractivity contribution in [3.8, 4) is 17.2 Å². The van der Waals surface area contributed by atoms with Crippen molar-refractivity contribution in [3.05, 3.63) is 18.2 Å². The predicted octanol–water partition coefficient (Wildman–Crippen LogP) is 2.15. The maximum Gasteiger partial charge on any atom is 0.305 e. The fraction of sp³-hybridized carbons (Fsp3) is 0.417. The van der Waals surface area contributed by atoms with Crippen LogP contribution < -0.4 is 0 Å². The van der Waals surface area contributed by atoms with Crippen molar-refractivity contribution >= 4 is 5.97 Å². The van der Waals surface area contributed by atoms with Crippen LogP contribution in [0.1, 0.15) is 26.7 Å². The fourth-order valence-electron chi connectivity index (χ4n) is 0.837. The second-order valence-electron chi connectivity index (χ2n) is 3.22. The zero-order valence-electron chi connectivity index (χ0n) is 10.0. The van der Waals surface area contributed by atoms with E-state index in [-0.39, 0.29) is 17.5 Å². The summed E-state index contributed by atoms with van der Waals surface area (Å²) in [4.78, 5) is 10.3. The minimum Gasteiger partial charge on any atom is -0.504 e. The van der Waals surface area contributed by atoms with Gasteiger partial charge >= 0.3 is 5.97 Å². The van der Waals surface area contributed by atoms with Gasteiger partial charge in [-0.3, -0.25) is 4.79 Å². The van der Waals surface area contributed by atoms with E-state index < -0.39 is 5.75 Å². The number of aromatic hydroxyl groups is 3. The van der Waals surface area contributed by atoms with Gasteiger partial charge < -0.3 is 20.1 Å². The summed E-state index contributed by atoms with van der Waals surface area (Å²) >= 11 is 0. The number of phenols is 3. The van der Waals surface area contributed by atoms with Crippen LogP contribution in [0.15, 0.2) is 18.2 Å². The summed E-state index contributed by atoms with van der Waals surface area (Å²) in [7, 11) is 0. The van der Waals surface area contributed by atoms with E-state index in [9.17, 15) is 4.79 Å². The molecule has 0 aliphatic rings. The number of phenolic OH excluding ortho intramolecular Hbond substituents is 3. The molecule has 0 aromatic heterocycles. The molecule has 0 saturated carbocycles. The molecule has 0 fully saturated rings. The number of ether oxygens (including phenoxy) is 1. The maximum atomic E-state index is 10.3. The van der Waals surface area contributed by atoms with Crippen molar-refractivity contribution in [3.63, 3.8) is 0 Å². The SMILES string of the molecule is CCCOC(=O)CC.Oc1cccc(O)c1O.